The van der Waals surface area contributed by atoms with Gasteiger partial charge in [0.1, 0.15) is 11.6 Å². The van der Waals surface area contributed by atoms with Gasteiger partial charge in [-0.25, -0.2) is 4.98 Å². The summed E-state index contributed by atoms with van der Waals surface area (Å²) >= 11 is 4.97. The Labute approximate surface area is 106 Å². The van der Waals surface area contributed by atoms with Crippen molar-refractivity contribution in [1.82, 2.24) is 4.98 Å². The molecule has 4 nitrogen and oxygen atoms in total. The third-order valence-electron chi connectivity index (χ3n) is 2.69. The number of nitrogens with two attached hydrogens (primary N) is 1. The summed E-state index contributed by atoms with van der Waals surface area (Å²) in [6.45, 7) is 3.23. The number of hydrogen-bond acceptors (Lipinski definition) is 4. The van der Waals surface area contributed by atoms with Crippen LogP contribution >= 0.6 is 12.2 Å². The average molecular weight is 252 g/mol. The van der Waals surface area contributed by atoms with Gasteiger partial charge in [0.2, 0.25) is 5.88 Å². The fourth-order valence-corrected chi connectivity index (χ4v) is 1.93. The van der Waals surface area contributed by atoms with Crippen molar-refractivity contribution in [3.8, 4) is 5.88 Å². The normalized spacial score (nSPS) is 19.2. The molecule has 0 saturated carbocycles. The van der Waals surface area contributed by atoms with E-state index >= 15 is 0 Å². The van der Waals surface area contributed by atoms with Gasteiger partial charge >= 0.3 is 0 Å². The molecule has 2 heterocycles. The summed E-state index contributed by atoms with van der Waals surface area (Å²) in [6.07, 6.45) is 2.29. The zero-order chi connectivity index (χ0) is 12.3. The fourth-order valence-electron chi connectivity index (χ4n) is 1.78. The van der Waals surface area contributed by atoms with Gasteiger partial charge in [-0.2, -0.15) is 0 Å². The summed E-state index contributed by atoms with van der Waals surface area (Å²) in [5, 5.41) is 0. The SMILES string of the molecule is Cc1ccc(C(N)=S)c(OCC2CCCO2)n1. The number of hydrogen-bond donors (Lipinski definition) is 1. The monoisotopic (exact) mass is 252 g/mol. The smallest absolute Gasteiger partial charge is 0.224 e. The summed E-state index contributed by atoms with van der Waals surface area (Å²) in [7, 11) is 0. The molecule has 1 fully saturated rings. The third-order valence-corrected chi connectivity index (χ3v) is 2.91. The van der Waals surface area contributed by atoms with Crippen molar-refractivity contribution in [1.29, 1.82) is 0 Å². The predicted octanol–water partition coefficient (Wildman–Crippen LogP) is 1.58. The maximum absolute atomic E-state index is 5.66. The van der Waals surface area contributed by atoms with Gasteiger partial charge in [-0.1, -0.05) is 12.2 Å². The number of thiocarbonyl (C=S) groups is 1. The predicted molar refractivity (Wildman–Crippen MR) is 69.3 cm³/mol. The van der Waals surface area contributed by atoms with E-state index in [0.29, 0.717) is 23.0 Å². The summed E-state index contributed by atoms with van der Waals surface area (Å²) in [6, 6.07) is 3.71. The second-order valence-electron chi connectivity index (χ2n) is 4.12. The van der Waals surface area contributed by atoms with Crippen LogP contribution in [0.5, 0.6) is 5.88 Å². The maximum atomic E-state index is 5.66. The second-order valence-corrected chi connectivity index (χ2v) is 4.56. The molecule has 0 amide bonds. The molecule has 1 unspecified atom stereocenters. The van der Waals surface area contributed by atoms with Crippen LogP contribution < -0.4 is 10.5 Å². The van der Waals surface area contributed by atoms with Gasteiger partial charge in [0.15, 0.2) is 0 Å². The van der Waals surface area contributed by atoms with Crippen LogP contribution in [0.3, 0.4) is 0 Å². The van der Waals surface area contributed by atoms with Crippen molar-refractivity contribution in [3.63, 3.8) is 0 Å². The summed E-state index contributed by atoms with van der Waals surface area (Å²) < 4.78 is 11.1. The number of rotatable bonds is 4. The van der Waals surface area contributed by atoms with E-state index < -0.39 is 0 Å². The van der Waals surface area contributed by atoms with Gasteiger partial charge in [-0.15, -0.1) is 0 Å². The highest BCUT2D eigenvalue weighted by Gasteiger charge is 2.17. The minimum Gasteiger partial charge on any atom is -0.474 e. The van der Waals surface area contributed by atoms with Crippen molar-refractivity contribution < 1.29 is 9.47 Å². The Bertz CT molecular complexity index is 417. The molecule has 1 aliphatic rings. The minimum absolute atomic E-state index is 0.163. The quantitative estimate of drug-likeness (QED) is 0.825. The zero-order valence-corrected chi connectivity index (χ0v) is 10.6. The van der Waals surface area contributed by atoms with Crippen LogP contribution in [-0.2, 0) is 4.74 Å². The summed E-state index contributed by atoms with van der Waals surface area (Å²) in [4.78, 5) is 4.62. The van der Waals surface area contributed by atoms with Crippen LogP contribution in [-0.4, -0.2) is 29.3 Å². The molecule has 1 aliphatic heterocycles. The Hall–Kier alpha value is -1.20. The lowest BCUT2D eigenvalue weighted by atomic mass is 10.2. The van der Waals surface area contributed by atoms with E-state index in [2.05, 4.69) is 4.98 Å². The summed E-state index contributed by atoms with van der Waals surface area (Å²) in [5.41, 5.74) is 7.19. The van der Waals surface area contributed by atoms with E-state index in [1.54, 1.807) is 0 Å². The van der Waals surface area contributed by atoms with Crippen LogP contribution in [0, 0.1) is 6.92 Å². The molecule has 0 bridgehead atoms. The molecule has 17 heavy (non-hydrogen) atoms. The Morgan fingerprint density at radius 2 is 2.47 bits per heavy atom. The van der Waals surface area contributed by atoms with Crippen LogP contribution in [0.1, 0.15) is 24.1 Å². The van der Waals surface area contributed by atoms with E-state index in [1.807, 2.05) is 19.1 Å². The molecular weight excluding hydrogens is 236 g/mol. The molecule has 1 saturated heterocycles. The van der Waals surface area contributed by atoms with Crippen molar-refractivity contribution in [2.45, 2.75) is 25.9 Å². The van der Waals surface area contributed by atoms with E-state index in [-0.39, 0.29) is 6.10 Å². The molecular formula is C12H16N2O2S. The Kier molecular flexibility index (Phi) is 3.91. The first-order valence-corrected chi connectivity index (χ1v) is 6.09. The van der Waals surface area contributed by atoms with Crippen molar-refractivity contribution >= 4 is 17.2 Å². The number of pyridine rings is 1. The lowest BCUT2D eigenvalue weighted by Gasteiger charge is -2.13. The summed E-state index contributed by atoms with van der Waals surface area (Å²) in [5.74, 6) is 0.507. The van der Waals surface area contributed by atoms with E-state index in [4.69, 9.17) is 27.4 Å². The first kappa shape index (κ1) is 12.3. The van der Waals surface area contributed by atoms with E-state index in [9.17, 15) is 0 Å². The lowest BCUT2D eigenvalue weighted by Crippen LogP contribution is -2.19. The van der Waals surface area contributed by atoms with Crippen LogP contribution in [0.2, 0.25) is 0 Å². The molecule has 0 radical (unpaired) electrons. The third kappa shape index (κ3) is 3.14. The topological polar surface area (TPSA) is 57.4 Å². The van der Waals surface area contributed by atoms with Gasteiger partial charge < -0.3 is 15.2 Å². The fraction of sp³-hybridized carbons (Fsp3) is 0.500. The number of ether oxygens (including phenoxy) is 2. The van der Waals surface area contributed by atoms with Crippen LogP contribution in [0.25, 0.3) is 0 Å². The van der Waals surface area contributed by atoms with E-state index in [1.165, 1.54) is 0 Å². The van der Waals surface area contributed by atoms with Gasteiger partial charge in [0.25, 0.3) is 0 Å². The number of nitrogens with zero attached hydrogens (tertiary/aromatic N) is 1. The largest absolute Gasteiger partial charge is 0.474 e. The molecule has 92 valence electrons. The molecule has 1 atom stereocenters. The lowest BCUT2D eigenvalue weighted by molar-refractivity contribution is 0.0662. The van der Waals surface area contributed by atoms with Gasteiger partial charge in [-0.3, -0.25) is 0 Å². The second kappa shape index (κ2) is 5.42. The highest BCUT2D eigenvalue weighted by atomic mass is 32.1. The van der Waals surface area contributed by atoms with E-state index in [0.717, 1.165) is 25.1 Å². The van der Waals surface area contributed by atoms with Crippen molar-refractivity contribution in [2.24, 2.45) is 5.73 Å². The molecule has 0 aliphatic carbocycles. The maximum Gasteiger partial charge on any atom is 0.224 e. The Morgan fingerprint density at radius 1 is 1.65 bits per heavy atom. The molecule has 1 aromatic rings. The first-order chi connectivity index (χ1) is 8.16. The highest BCUT2D eigenvalue weighted by molar-refractivity contribution is 7.80. The average Bonchev–Trinajstić information content (AvgIpc) is 2.78. The molecule has 1 aromatic heterocycles. The van der Waals surface area contributed by atoms with Gasteiger partial charge in [0.05, 0.1) is 11.7 Å². The van der Waals surface area contributed by atoms with Crippen molar-refractivity contribution in [2.75, 3.05) is 13.2 Å². The molecule has 2 N–H and O–H groups in total. The van der Waals surface area contributed by atoms with Crippen LogP contribution in [0.15, 0.2) is 12.1 Å². The molecule has 0 aromatic carbocycles. The van der Waals surface area contributed by atoms with Gasteiger partial charge in [0, 0.05) is 12.3 Å². The first-order valence-electron chi connectivity index (χ1n) is 5.68. The molecule has 5 heteroatoms. The zero-order valence-electron chi connectivity index (χ0n) is 9.81. The number of aromatic nitrogens is 1. The molecule has 0 spiro atoms. The van der Waals surface area contributed by atoms with Crippen molar-refractivity contribution in [3.05, 3.63) is 23.4 Å². The standard InChI is InChI=1S/C12H16N2O2S/c1-8-4-5-10(11(13)17)12(14-8)16-7-9-3-2-6-15-9/h4-5,9H,2-3,6-7H2,1H3,(H2,13,17). The minimum atomic E-state index is 0.163. The number of aryl methyl sites for hydroxylation is 1. The van der Waals surface area contributed by atoms with Crippen LogP contribution in [0.4, 0.5) is 0 Å². The highest BCUT2D eigenvalue weighted by Crippen LogP contribution is 2.18. The Morgan fingerprint density at radius 3 is 3.12 bits per heavy atom. The van der Waals surface area contributed by atoms with Gasteiger partial charge in [-0.05, 0) is 31.9 Å². The molecule has 2 rings (SSSR count). The Balaban J connectivity index is 2.07.